The van der Waals surface area contributed by atoms with E-state index in [-0.39, 0.29) is 18.5 Å². The molecule has 6 nitrogen and oxygen atoms in total. The van der Waals surface area contributed by atoms with Crippen LogP contribution in [0, 0.1) is 0 Å². The van der Waals surface area contributed by atoms with Gasteiger partial charge in [-0.3, -0.25) is 9.48 Å². The molecule has 160 valence electrons. The van der Waals surface area contributed by atoms with E-state index in [1.54, 1.807) is 23.1 Å². The van der Waals surface area contributed by atoms with E-state index in [1.165, 1.54) is 0 Å². The topological polar surface area (TPSA) is 61.9 Å². The number of hydrogen-bond acceptors (Lipinski definition) is 4. The Morgan fingerprint density at radius 3 is 2.71 bits per heavy atom. The molecule has 0 aliphatic rings. The Hall–Kier alpha value is -2.83. The molecule has 1 atom stereocenters. The molecule has 2 aromatic heterocycles. The highest BCUT2D eigenvalue weighted by atomic mass is 35.5. The molecule has 0 saturated heterocycles. The molecular formula is C23H22Cl2N4O2. The second kappa shape index (κ2) is 8.73. The fourth-order valence-electron chi connectivity index (χ4n) is 3.56. The smallest absolute Gasteiger partial charge is 0.312 e. The van der Waals surface area contributed by atoms with Crippen LogP contribution in [0.2, 0.25) is 10.0 Å². The van der Waals surface area contributed by atoms with E-state index in [2.05, 4.69) is 10.1 Å². The lowest BCUT2D eigenvalue weighted by molar-refractivity contribution is -0.147. The Labute approximate surface area is 190 Å². The third kappa shape index (κ3) is 4.45. The van der Waals surface area contributed by atoms with Gasteiger partial charge >= 0.3 is 5.97 Å². The van der Waals surface area contributed by atoms with Crippen LogP contribution in [0.4, 0.5) is 0 Å². The first-order chi connectivity index (χ1) is 14.9. The van der Waals surface area contributed by atoms with Gasteiger partial charge in [0.2, 0.25) is 0 Å². The molecule has 1 unspecified atom stereocenters. The lowest BCUT2D eigenvalue weighted by Gasteiger charge is -2.14. The van der Waals surface area contributed by atoms with E-state index in [9.17, 15) is 4.79 Å². The van der Waals surface area contributed by atoms with Crippen molar-refractivity contribution >= 4 is 40.2 Å². The largest absolute Gasteiger partial charge is 0.457 e. The highest BCUT2D eigenvalue weighted by Crippen LogP contribution is 2.30. The zero-order valence-corrected chi connectivity index (χ0v) is 19.0. The summed E-state index contributed by atoms with van der Waals surface area (Å²) < 4.78 is 9.43. The minimum atomic E-state index is -0.387. The molecule has 0 bridgehead atoms. The van der Waals surface area contributed by atoms with Crippen molar-refractivity contribution in [1.82, 2.24) is 19.3 Å². The van der Waals surface area contributed by atoms with Gasteiger partial charge < -0.3 is 9.30 Å². The zero-order chi connectivity index (χ0) is 22.1. The number of esters is 1. The average molecular weight is 457 g/mol. The highest BCUT2D eigenvalue weighted by molar-refractivity contribution is 6.36. The van der Waals surface area contributed by atoms with Crippen LogP contribution in [0.3, 0.4) is 0 Å². The Bertz CT molecular complexity index is 1260. The van der Waals surface area contributed by atoms with Crippen LogP contribution < -0.4 is 0 Å². The summed E-state index contributed by atoms with van der Waals surface area (Å²) in [5, 5.41) is 5.66. The molecule has 0 aliphatic carbocycles. The molecule has 0 radical (unpaired) electrons. The van der Waals surface area contributed by atoms with Crippen LogP contribution in [0.15, 0.2) is 48.8 Å². The third-order valence-corrected chi connectivity index (χ3v) is 5.77. The summed E-state index contributed by atoms with van der Waals surface area (Å²) in [5.74, 6) is -0.322. The number of aromatic nitrogens is 4. The second-order valence-electron chi connectivity index (χ2n) is 7.37. The van der Waals surface area contributed by atoms with Gasteiger partial charge in [0.15, 0.2) is 0 Å². The van der Waals surface area contributed by atoms with Crippen LogP contribution in [0.25, 0.3) is 22.3 Å². The average Bonchev–Trinajstić information content (AvgIpc) is 3.30. The van der Waals surface area contributed by atoms with Crippen molar-refractivity contribution < 1.29 is 9.53 Å². The molecule has 4 rings (SSSR count). The predicted octanol–water partition coefficient (Wildman–Crippen LogP) is 5.61. The van der Waals surface area contributed by atoms with E-state index in [4.69, 9.17) is 27.9 Å². The van der Waals surface area contributed by atoms with Crippen LogP contribution in [-0.4, -0.2) is 25.3 Å². The molecular weight excluding hydrogens is 435 g/mol. The van der Waals surface area contributed by atoms with E-state index in [1.807, 2.05) is 55.8 Å². The van der Waals surface area contributed by atoms with Gasteiger partial charge in [-0.05, 0) is 55.8 Å². The van der Waals surface area contributed by atoms with Crippen LogP contribution in [-0.2, 0) is 29.5 Å². The van der Waals surface area contributed by atoms with Crippen molar-refractivity contribution in [3.8, 4) is 11.3 Å². The normalized spacial score (nSPS) is 12.3. The Morgan fingerprint density at radius 1 is 1.16 bits per heavy atom. The Balaban J connectivity index is 1.50. The van der Waals surface area contributed by atoms with Crippen molar-refractivity contribution in [2.45, 2.75) is 32.9 Å². The summed E-state index contributed by atoms with van der Waals surface area (Å²) >= 11 is 12.3. The van der Waals surface area contributed by atoms with Gasteiger partial charge in [-0.1, -0.05) is 29.3 Å². The second-order valence-corrected chi connectivity index (χ2v) is 8.22. The Kier molecular flexibility index (Phi) is 6.03. The molecule has 0 saturated carbocycles. The van der Waals surface area contributed by atoms with Crippen molar-refractivity contribution in [2.75, 3.05) is 0 Å². The monoisotopic (exact) mass is 456 g/mol. The third-order valence-electron chi connectivity index (χ3n) is 5.22. The van der Waals surface area contributed by atoms with Gasteiger partial charge in [0, 0.05) is 24.2 Å². The van der Waals surface area contributed by atoms with Crippen molar-refractivity contribution in [1.29, 1.82) is 0 Å². The fourth-order valence-corrected chi connectivity index (χ4v) is 4.07. The number of halogens is 2. The summed E-state index contributed by atoms with van der Waals surface area (Å²) in [6.45, 7) is 4.46. The van der Waals surface area contributed by atoms with Gasteiger partial charge in [0.25, 0.3) is 0 Å². The molecule has 0 N–H and O–H groups in total. The minimum absolute atomic E-state index is 0.113. The number of imidazole rings is 1. The van der Waals surface area contributed by atoms with Crippen LogP contribution in [0.5, 0.6) is 0 Å². The van der Waals surface area contributed by atoms with Gasteiger partial charge in [-0.25, -0.2) is 4.98 Å². The summed E-state index contributed by atoms with van der Waals surface area (Å²) in [4.78, 5) is 17.0. The molecule has 4 aromatic rings. The van der Waals surface area contributed by atoms with E-state index < -0.39 is 0 Å². The number of carbonyl (C=O) groups excluding carboxylic acids is 1. The lowest BCUT2D eigenvalue weighted by atomic mass is 10.1. The maximum Gasteiger partial charge on any atom is 0.312 e. The summed E-state index contributed by atoms with van der Waals surface area (Å²) in [7, 11) is 1.95. The number of hydrogen-bond donors (Lipinski definition) is 0. The number of rotatable bonds is 6. The minimum Gasteiger partial charge on any atom is -0.457 e. The standard InChI is InChI=1S/C23H22Cl2N4O2/c1-4-29-17(11-20(27-29)18-7-6-16(24)10-19(18)25)12-23(30)31-14(2)15-5-8-22-21(9-15)26-13-28(22)3/h5-11,13-14H,4,12H2,1-3H3. The SMILES string of the molecule is CCn1nc(-c2ccc(Cl)cc2Cl)cc1CC(=O)OC(C)c1ccc2c(c1)ncn2C. The Morgan fingerprint density at radius 2 is 1.97 bits per heavy atom. The first-order valence-corrected chi connectivity index (χ1v) is 10.7. The van der Waals surface area contributed by atoms with Crippen molar-refractivity contribution in [3.63, 3.8) is 0 Å². The van der Waals surface area contributed by atoms with Crippen LogP contribution in [0.1, 0.15) is 31.2 Å². The van der Waals surface area contributed by atoms with Gasteiger partial charge in [-0.15, -0.1) is 0 Å². The number of nitrogens with zero attached hydrogens (tertiary/aromatic N) is 4. The van der Waals surface area contributed by atoms with Crippen molar-refractivity contribution in [3.05, 3.63) is 70.1 Å². The zero-order valence-electron chi connectivity index (χ0n) is 17.5. The molecule has 0 fully saturated rings. The number of aryl methyl sites for hydroxylation is 2. The van der Waals surface area contributed by atoms with Gasteiger partial charge in [0.05, 0.1) is 40.2 Å². The molecule has 0 aliphatic heterocycles. The van der Waals surface area contributed by atoms with Gasteiger partial charge in [0.1, 0.15) is 6.10 Å². The molecule has 2 heterocycles. The predicted molar refractivity (Wildman–Crippen MR) is 122 cm³/mol. The summed E-state index contributed by atoms with van der Waals surface area (Å²) in [6.07, 6.45) is 1.49. The number of benzene rings is 2. The maximum absolute atomic E-state index is 12.7. The molecule has 0 amide bonds. The van der Waals surface area contributed by atoms with E-state index in [0.717, 1.165) is 27.9 Å². The number of ether oxygens (including phenoxy) is 1. The van der Waals surface area contributed by atoms with Crippen molar-refractivity contribution in [2.24, 2.45) is 7.05 Å². The molecule has 8 heteroatoms. The first-order valence-electron chi connectivity index (χ1n) is 9.98. The lowest BCUT2D eigenvalue weighted by Crippen LogP contribution is -2.14. The summed E-state index contributed by atoms with van der Waals surface area (Å²) in [6, 6.07) is 13.0. The van der Waals surface area contributed by atoms with Gasteiger partial charge in [-0.2, -0.15) is 5.10 Å². The quantitative estimate of drug-likeness (QED) is 0.353. The summed E-state index contributed by atoms with van der Waals surface area (Å²) in [5.41, 5.74) is 5.03. The first kappa shape index (κ1) is 21.4. The fraction of sp³-hybridized carbons (Fsp3) is 0.261. The number of carbonyl (C=O) groups is 1. The van der Waals surface area contributed by atoms with E-state index >= 15 is 0 Å². The molecule has 0 spiro atoms. The number of fused-ring (bicyclic) bond motifs is 1. The molecule has 31 heavy (non-hydrogen) atoms. The highest BCUT2D eigenvalue weighted by Gasteiger charge is 2.18. The van der Waals surface area contributed by atoms with E-state index in [0.29, 0.717) is 22.3 Å². The van der Waals surface area contributed by atoms with Crippen LogP contribution >= 0.6 is 23.2 Å². The maximum atomic E-state index is 12.7. The molecule has 2 aromatic carbocycles.